The zero-order valence-corrected chi connectivity index (χ0v) is 14.7. The van der Waals surface area contributed by atoms with Crippen LogP contribution in [0.2, 0.25) is 0 Å². The van der Waals surface area contributed by atoms with Crippen LogP contribution in [0.25, 0.3) is 0 Å². The van der Waals surface area contributed by atoms with Crippen LogP contribution in [-0.2, 0) is 11.3 Å². The highest BCUT2D eigenvalue weighted by Gasteiger charge is 2.29. The number of likely N-dealkylation sites (tertiary alicyclic amines) is 1. The number of piperidine rings is 1. The van der Waals surface area contributed by atoms with Crippen LogP contribution in [0.5, 0.6) is 0 Å². The quantitative estimate of drug-likeness (QED) is 0.879. The highest BCUT2D eigenvalue weighted by Crippen LogP contribution is 2.27. The molecule has 0 unspecified atom stereocenters. The molecule has 3 rings (SSSR count). The Balaban J connectivity index is 1.76. The third-order valence-electron chi connectivity index (χ3n) is 5.51. The molecule has 6 heteroatoms. The van der Waals surface area contributed by atoms with E-state index in [1.165, 1.54) is 5.56 Å². The fraction of sp³-hybridized carbons (Fsp3) is 0.667. The van der Waals surface area contributed by atoms with Crippen molar-refractivity contribution in [1.29, 1.82) is 0 Å². The molecule has 1 aromatic rings. The molecule has 24 heavy (non-hydrogen) atoms. The van der Waals surface area contributed by atoms with Gasteiger partial charge in [-0.1, -0.05) is 6.07 Å². The molecule has 2 aliphatic heterocycles. The Morgan fingerprint density at radius 1 is 1.29 bits per heavy atom. The number of aromatic nitrogens is 1. The van der Waals surface area contributed by atoms with E-state index in [2.05, 4.69) is 20.9 Å². The monoisotopic (exact) mass is 332 g/mol. The predicted molar refractivity (Wildman–Crippen MR) is 93.8 cm³/mol. The summed E-state index contributed by atoms with van der Waals surface area (Å²) >= 11 is 0. The van der Waals surface area contributed by atoms with Gasteiger partial charge in [-0.3, -0.25) is 9.69 Å². The van der Waals surface area contributed by atoms with Crippen LogP contribution in [0.4, 0.5) is 5.82 Å². The number of aliphatic hydroxyl groups is 1. The molecule has 0 radical (unpaired) electrons. The fourth-order valence-corrected chi connectivity index (χ4v) is 3.92. The van der Waals surface area contributed by atoms with E-state index >= 15 is 0 Å². The molecule has 3 heterocycles. The third-order valence-corrected chi connectivity index (χ3v) is 5.51. The number of likely N-dealkylation sites (N-methyl/N-ethyl adjacent to an activating group) is 1. The van der Waals surface area contributed by atoms with Gasteiger partial charge in [0, 0.05) is 58.0 Å². The lowest BCUT2D eigenvalue weighted by molar-refractivity contribution is -0.130. The number of hydrogen-bond acceptors (Lipinski definition) is 5. The van der Waals surface area contributed by atoms with Crippen molar-refractivity contribution in [2.45, 2.75) is 44.8 Å². The van der Waals surface area contributed by atoms with Crippen LogP contribution < -0.4 is 4.90 Å². The fourth-order valence-electron chi connectivity index (χ4n) is 3.92. The molecule has 1 atom stereocenters. The summed E-state index contributed by atoms with van der Waals surface area (Å²) in [5, 5.41) is 9.76. The number of amides is 1. The smallest absolute Gasteiger partial charge is 0.219 e. The first kappa shape index (κ1) is 17.2. The molecule has 1 saturated heterocycles. The van der Waals surface area contributed by atoms with Gasteiger partial charge in [-0.25, -0.2) is 4.98 Å². The summed E-state index contributed by atoms with van der Waals surface area (Å²) in [5.74, 6) is 1.15. The van der Waals surface area contributed by atoms with Crippen molar-refractivity contribution in [3.05, 3.63) is 23.9 Å². The number of carbonyl (C=O) groups excluding carboxylic acids is 1. The van der Waals surface area contributed by atoms with E-state index in [1.807, 2.05) is 24.2 Å². The van der Waals surface area contributed by atoms with E-state index in [1.54, 1.807) is 6.92 Å². The largest absolute Gasteiger partial charge is 0.394 e. The van der Waals surface area contributed by atoms with E-state index in [-0.39, 0.29) is 18.6 Å². The minimum absolute atomic E-state index is 0.0961. The number of rotatable bonds is 2. The van der Waals surface area contributed by atoms with Crippen molar-refractivity contribution in [3.8, 4) is 0 Å². The van der Waals surface area contributed by atoms with Crippen molar-refractivity contribution in [2.24, 2.45) is 0 Å². The zero-order chi connectivity index (χ0) is 17.1. The molecule has 6 nitrogen and oxygen atoms in total. The molecule has 2 aliphatic rings. The lowest BCUT2D eigenvalue weighted by atomic mass is 10.00. The van der Waals surface area contributed by atoms with Crippen LogP contribution in [0.1, 0.15) is 31.7 Å². The molecular formula is C18H28N4O2. The molecule has 0 aromatic carbocycles. The van der Waals surface area contributed by atoms with Crippen molar-refractivity contribution in [1.82, 2.24) is 14.8 Å². The second-order valence-electron chi connectivity index (χ2n) is 6.93. The van der Waals surface area contributed by atoms with E-state index < -0.39 is 0 Å². The van der Waals surface area contributed by atoms with E-state index in [9.17, 15) is 9.90 Å². The van der Waals surface area contributed by atoms with E-state index in [0.717, 1.165) is 51.3 Å². The lowest BCUT2D eigenvalue weighted by Gasteiger charge is -2.41. The average Bonchev–Trinajstić information content (AvgIpc) is 2.60. The van der Waals surface area contributed by atoms with Crippen LogP contribution in [-0.4, -0.2) is 71.2 Å². The normalized spacial score (nSPS) is 23.5. The molecule has 1 fully saturated rings. The first-order valence-corrected chi connectivity index (χ1v) is 8.87. The summed E-state index contributed by atoms with van der Waals surface area (Å²) in [6, 6.07) is 4.71. The molecule has 0 bridgehead atoms. The maximum Gasteiger partial charge on any atom is 0.219 e. The number of fused-ring (bicyclic) bond motifs is 1. The average molecular weight is 332 g/mol. The summed E-state index contributed by atoms with van der Waals surface area (Å²) in [6.45, 7) is 5.34. The number of pyridine rings is 1. The van der Waals surface area contributed by atoms with Crippen molar-refractivity contribution >= 4 is 11.7 Å². The van der Waals surface area contributed by atoms with E-state index in [4.69, 9.17) is 0 Å². The van der Waals surface area contributed by atoms with Crippen LogP contribution >= 0.6 is 0 Å². The Morgan fingerprint density at radius 3 is 2.71 bits per heavy atom. The third kappa shape index (κ3) is 3.54. The van der Waals surface area contributed by atoms with Gasteiger partial charge in [0.05, 0.1) is 12.6 Å². The maximum absolute atomic E-state index is 11.5. The Kier molecular flexibility index (Phi) is 5.36. The molecular weight excluding hydrogens is 304 g/mol. The number of nitrogens with zero attached hydrogens (tertiary/aromatic N) is 4. The number of hydrogen-bond donors (Lipinski definition) is 1. The first-order valence-electron chi connectivity index (χ1n) is 8.87. The highest BCUT2D eigenvalue weighted by molar-refractivity contribution is 5.73. The summed E-state index contributed by atoms with van der Waals surface area (Å²) in [6.07, 6.45) is 4.79. The van der Waals surface area contributed by atoms with Gasteiger partial charge >= 0.3 is 0 Å². The number of aliphatic hydroxyl groups excluding tert-OH is 1. The maximum atomic E-state index is 11.5. The minimum atomic E-state index is 0.0961. The van der Waals surface area contributed by atoms with Crippen molar-refractivity contribution < 1.29 is 9.90 Å². The van der Waals surface area contributed by atoms with Gasteiger partial charge in [-0.2, -0.15) is 0 Å². The second-order valence-corrected chi connectivity index (χ2v) is 6.93. The van der Waals surface area contributed by atoms with Gasteiger partial charge in [0.1, 0.15) is 5.82 Å². The standard InChI is InChI=1S/C18H28N4O2/c1-14(24)21-9-5-16(6-10-21)22-11-7-17(13-23)20(2)18-15(12-22)4-3-8-19-18/h3-4,8,16-17,23H,5-7,9-13H2,1-2H3/t17-/m0/s1. The first-order chi connectivity index (χ1) is 11.6. The molecule has 1 amide bonds. The van der Waals surface area contributed by atoms with Crippen molar-refractivity contribution in [3.63, 3.8) is 0 Å². The number of carbonyl (C=O) groups is 1. The molecule has 0 spiro atoms. The molecule has 1 aromatic heterocycles. The predicted octanol–water partition coefficient (Wildman–Crippen LogP) is 1.10. The van der Waals surface area contributed by atoms with Crippen LogP contribution in [0.15, 0.2) is 18.3 Å². The second kappa shape index (κ2) is 7.49. The molecule has 0 aliphatic carbocycles. The molecule has 1 N–H and O–H groups in total. The Morgan fingerprint density at radius 2 is 2.04 bits per heavy atom. The zero-order valence-electron chi connectivity index (χ0n) is 14.7. The summed E-state index contributed by atoms with van der Waals surface area (Å²) < 4.78 is 0. The molecule has 132 valence electrons. The SMILES string of the molecule is CC(=O)N1CCC(N2CC[C@@H](CO)N(C)c3ncccc3C2)CC1. The summed E-state index contributed by atoms with van der Waals surface area (Å²) in [5.41, 5.74) is 1.21. The van der Waals surface area contributed by atoms with Crippen LogP contribution in [0, 0.1) is 0 Å². The van der Waals surface area contributed by atoms with Gasteiger partial charge in [0.25, 0.3) is 0 Å². The van der Waals surface area contributed by atoms with Gasteiger partial charge in [-0.05, 0) is 25.3 Å². The lowest BCUT2D eigenvalue weighted by Crippen LogP contribution is -2.49. The topological polar surface area (TPSA) is 59.9 Å². The van der Waals surface area contributed by atoms with Crippen molar-refractivity contribution in [2.75, 3.05) is 38.2 Å². The van der Waals surface area contributed by atoms with E-state index in [0.29, 0.717) is 6.04 Å². The number of anilines is 1. The molecule has 0 saturated carbocycles. The summed E-state index contributed by atoms with van der Waals surface area (Å²) in [4.78, 5) is 22.7. The minimum Gasteiger partial charge on any atom is -0.394 e. The summed E-state index contributed by atoms with van der Waals surface area (Å²) in [7, 11) is 2.02. The highest BCUT2D eigenvalue weighted by atomic mass is 16.3. The van der Waals surface area contributed by atoms with Crippen LogP contribution in [0.3, 0.4) is 0 Å². The Hall–Kier alpha value is -1.66. The Bertz CT molecular complexity index is 572. The van der Waals surface area contributed by atoms with Gasteiger partial charge in [0.2, 0.25) is 5.91 Å². The van der Waals surface area contributed by atoms with Gasteiger partial charge < -0.3 is 14.9 Å². The van der Waals surface area contributed by atoms with Gasteiger partial charge in [-0.15, -0.1) is 0 Å². The van der Waals surface area contributed by atoms with Gasteiger partial charge in [0.15, 0.2) is 0 Å². The Labute approximate surface area is 144 Å².